The molecule has 3 saturated heterocycles. The minimum absolute atomic E-state index is 0.00262. The van der Waals surface area contributed by atoms with E-state index in [1.807, 2.05) is 0 Å². The minimum Gasteiger partial charge on any atom is -0.388 e. The van der Waals surface area contributed by atoms with Crippen molar-refractivity contribution in [1.29, 1.82) is 0 Å². The first-order valence-corrected chi connectivity index (χ1v) is 16.2. The Labute approximate surface area is 234 Å². The van der Waals surface area contributed by atoms with Gasteiger partial charge < -0.3 is 34.3 Å². The van der Waals surface area contributed by atoms with Crippen LogP contribution in [0.25, 0.3) is 0 Å². The maximum absolute atomic E-state index is 10.4. The van der Waals surface area contributed by atoms with Crippen LogP contribution in [0, 0.1) is 52.3 Å². The highest BCUT2D eigenvalue weighted by Gasteiger charge is 2.69. The van der Waals surface area contributed by atoms with E-state index in [4.69, 9.17) is 18.9 Å². The molecule has 7 aliphatic rings. The third-order valence-corrected chi connectivity index (χ3v) is 13.7. The number of fused-ring (bicyclic) bond motifs is 7. The van der Waals surface area contributed by atoms with Gasteiger partial charge in [-0.15, -0.1) is 0 Å². The van der Waals surface area contributed by atoms with Gasteiger partial charge in [0.05, 0.1) is 25.4 Å². The smallest absolute Gasteiger partial charge is 0.186 e. The molecule has 222 valence electrons. The van der Waals surface area contributed by atoms with Crippen LogP contribution in [0.15, 0.2) is 0 Å². The second-order valence-corrected chi connectivity index (χ2v) is 15.5. The Balaban J connectivity index is 1.03. The van der Waals surface area contributed by atoms with Gasteiger partial charge in [0.2, 0.25) is 0 Å². The second kappa shape index (κ2) is 9.62. The van der Waals surface area contributed by atoms with Crippen molar-refractivity contribution in [2.45, 2.75) is 135 Å². The molecular formula is C32H52O7. The number of aliphatic hydroxyl groups excluding tert-OH is 3. The van der Waals surface area contributed by atoms with Crippen molar-refractivity contribution in [3.8, 4) is 0 Å². The molecule has 7 fully saturated rings. The lowest BCUT2D eigenvalue weighted by atomic mass is 9.44. The Kier molecular flexibility index (Phi) is 6.79. The largest absolute Gasteiger partial charge is 0.388 e. The van der Waals surface area contributed by atoms with Crippen molar-refractivity contribution in [3.63, 3.8) is 0 Å². The topological polar surface area (TPSA) is 97.6 Å². The first-order chi connectivity index (χ1) is 18.6. The van der Waals surface area contributed by atoms with E-state index in [1.54, 1.807) is 0 Å². The third kappa shape index (κ3) is 4.07. The standard InChI is InChI=1S/C32H52O7/c1-17-7-12-32(37-15-17)18(2)26-25(39-32)14-23-21-6-5-19-13-20(38-29-28(35)27(34)24(33)16-36-29)8-10-30(19,3)22(21)9-11-31(23,26)4/h17-29,33-35H,5-16H2,1-4H3/t17-,18+,19+,20+,21-,22+,23+,24+,25+,26+,27-,28+,29-,30+,31+,32-/m1/s1. The van der Waals surface area contributed by atoms with Crippen molar-refractivity contribution in [2.75, 3.05) is 13.2 Å². The predicted molar refractivity (Wildman–Crippen MR) is 144 cm³/mol. The van der Waals surface area contributed by atoms with Crippen molar-refractivity contribution in [3.05, 3.63) is 0 Å². The number of hydrogen-bond donors (Lipinski definition) is 3. The second-order valence-electron chi connectivity index (χ2n) is 15.5. The number of hydrogen-bond acceptors (Lipinski definition) is 7. The molecule has 0 radical (unpaired) electrons. The highest BCUT2D eigenvalue weighted by molar-refractivity contribution is 5.15. The van der Waals surface area contributed by atoms with Gasteiger partial charge in [-0.1, -0.05) is 27.7 Å². The Morgan fingerprint density at radius 3 is 2.36 bits per heavy atom. The van der Waals surface area contributed by atoms with E-state index in [2.05, 4.69) is 27.7 Å². The monoisotopic (exact) mass is 548 g/mol. The summed E-state index contributed by atoms with van der Waals surface area (Å²) in [5.74, 6) is 4.31. The Hall–Kier alpha value is -0.280. The molecule has 3 aliphatic heterocycles. The number of rotatable bonds is 2. The molecule has 0 bridgehead atoms. The average Bonchev–Trinajstić information content (AvgIpc) is 3.36. The Bertz CT molecular complexity index is 920. The van der Waals surface area contributed by atoms with Crippen LogP contribution in [0.2, 0.25) is 0 Å². The maximum atomic E-state index is 10.4. The van der Waals surface area contributed by atoms with Crippen molar-refractivity contribution in [2.24, 2.45) is 52.3 Å². The summed E-state index contributed by atoms with van der Waals surface area (Å²) in [7, 11) is 0. The van der Waals surface area contributed by atoms with E-state index in [9.17, 15) is 15.3 Å². The number of aliphatic hydroxyl groups is 3. The molecule has 16 atom stereocenters. The van der Waals surface area contributed by atoms with Crippen LogP contribution in [0.1, 0.15) is 91.9 Å². The van der Waals surface area contributed by atoms with Gasteiger partial charge in [0.15, 0.2) is 12.1 Å². The van der Waals surface area contributed by atoms with E-state index in [1.165, 1.54) is 38.5 Å². The minimum atomic E-state index is -1.22. The summed E-state index contributed by atoms with van der Waals surface area (Å²) >= 11 is 0. The van der Waals surface area contributed by atoms with Crippen molar-refractivity contribution >= 4 is 0 Å². The summed E-state index contributed by atoms with van der Waals surface area (Å²) < 4.78 is 25.3. The van der Waals surface area contributed by atoms with E-state index < -0.39 is 24.6 Å². The molecule has 3 N–H and O–H groups in total. The van der Waals surface area contributed by atoms with Gasteiger partial charge in [0, 0.05) is 12.3 Å². The fourth-order valence-corrected chi connectivity index (χ4v) is 11.4. The highest BCUT2D eigenvalue weighted by Crippen LogP contribution is 2.71. The zero-order valence-electron chi connectivity index (χ0n) is 24.5. The molecule has 39 heavy (non-hydrogen) atoms. The first-order valence-electron chi connectivity index (χ1n) is 16.2. The van der Waals surface area contributed by atoms with Crippen LogP contribution in [0.4, 0.5) is 0 Å². The van der Waals surface area contributed by atoms with Gasteiger partial charge in [-0.05, 0) is 104 Å². The SMILES string of the molecule is C[C@@H]1CC[C@@]2(OC1)O[C@H]1C[C@H]3[C@@H]4CC[C@H]5C[C@@H](O[C@H]6OC[C@H](O)[C@@H](O)[C@@H]6O)CC[C@]5(C)[C@H]4CC[C@]3(C)[C@H]1[C@@H]2C. The molecule has 0 amide bonds. The average molecular weight is 549 g/mol. The zero-order chi connectivity index (χ0) is 27.3. The predicted octanol–water partition coefficient (Wildman–Crippen LogP) is 4.26. The molecule has 0 aromatic heterocycles. The van der Waals surface area contributed by atoms with Gasteiger partial charge in [0.25, 0.3) is 0 Å². The highest BCUT2D eigenvalue weighted by atomic mass is 16.7. The summed E-state index contributed by atoms with van der Waals surface area (Å²) in [6.07, 6.45) is 7.83. The molecule has 0 unspecified atom stereocenters. The van der Waals surface area contributed by atoms with Gasteiger partial charge in [-0.25, -0.2) is 0 Å². The lowest BCUT2D eigenvalue weighted by Gasteiger charge is -2.61. The number of ether oxygens (including phenoxy) is 4. The van der Waals surface area contributed by atoms with Gasteiger partial charge >= 0.3 is 0 Å². The maximum Gasteiger partial charge on any atom is 0.186 e. The van der Waals surface area contributed by atoms with Crippen LogP contribution in [-0.2, 0) is 18.9 Å². The lowest BCUT2D eigenvalue weighted by molar-refractivity contribution is -0.289. The molecule has 4 saturated carbocycles. The van der Waals surface area contributed by atoms with E-state index in [0.29, 0.717) is 40.6 Å². The lowest BCUT2D eigenvalue weighted by Crippen LogP contribution is -2.57. The quantitative estimate of drug-likeness (QED) is 0.444. The van der Waals surface area contributed by atoms with Crippen LogP contribution < -0.4 is 0 Å². The Morgan fingerprint density at radius 2 is 1.59 bits per heavy atom. The molecule has 3 heterocycles. The normalized spacial score (nSPS) is 60.8. The van der Waals surface area contributed by atoms with Crippen LogP contribution >= 0.6 is 0 Å². The molecule has 1 spiro atoms. The van der Waals surface area contributed by atoms with E-state index in [0.717, 1.165) is 50.0 Å². The molecule has 0 aromatic carbocycles. The molecule has 7 heteroatoms. The van der Waals surface area contributed by atoms with Crippen molar-refractivity contribution < 1.29 is 34.3 Å². The van der Waals surface area contributed by atoms with Gasteiger partial charge in [-0.3, -0.25) is 0 Å². The Morgan fingerprint density at radius 1 is 0.795 bits per heavy atom. The molecule has 4 aliphatic carbocycles. The van der Waals surface area contributed by atoms with Crippen LogP contribution in [0.3, 0.4) is 0 Å². The zero-order valence-corrected chi connectivity index (χ0v) is 24.5. The summed E-state index contributed by atoms with van der Waals surface area (Å²) in [4.78, 5) is 0. The molecule has 0 aromatic rings. The summed E-state index contributed by atoms with van der Waals surface area (Å²) in [6, 6.07) is 0. The van der Waals surface area contributed by atoms with Crippen LogP contribution in [-0.4, -0.2) is 71.1 Å². The first kappa shape index (κ1) is 27.5. The van der Waals surface area contributed by atoms with E-state index in [-0.39, 0.29) is 18.5 Å². The van der Waals surface area contributed by atoms with Gasteiger partial charge in [-0.2, -0.15) is 0 Å². The fraction of sp³-hybridized carbons (Fsp3) is 1.00. The van der Waals surface area contributed by atoms with Crippen molar-refractivity contribution in [1.82, 2.24) is 0 Å². The third-order valence-electron chi connectivity index (χ3n) is 13.7. The molecular weight excluding hydrogens is 496 g/mol. The summed E-state index contributed by atoms with van der Waals surface area (Å²) in [6.45, 7) is 10.8. The summed E-state index contributed by atoms with van der Waals surface area (Å²) in [5, 5.41) is 30.3. The van der Waals surface area contributed by atoms with E-state index >= 15 is 0 Å². The van der Waals surface area contributed by atoms with Gasteiger partial charge in [0.1, 0.15) is 18.3 Å². The van der Waals surface area contributed by atoms with Crippen LogP contribution in [0.5, 0.6) is 0 Å². The summed E-state index contributed by atoms with van der Waals surface area (Å²) in [5.41, 5.74) is 0.685. The fourth-order valence-electron chi connectivity index (χ4n) is 11.4. The molecule has 7 nitrogen and oxygen atoms in total. The molecule has 7 rings (SSSR count).